The fraction of sp³-hybridized carbons (Fsp3) is 0.474. The lowest BCUT2D eigenvalue weighted by molar-refractivity contribution is 0.180. The van der Waals surface area contributed by atoms with E-state index in [1.54, 1.807) is 14.2 Å². The van der Waals surface area contributed by atoms with Gasteiger partial charge in [0, 0.05) is 52.0 Å². The average Bonchev–Trinajstić information content (AvgIpc) is 2.64. The third-order valence-electron chi connectivity index (χ3n) is 4.08. The molecular weight excluding hydrogens is 441 g/mol. The standard InChI is InChI=1S/C19H29N5O.HI/c1-20-19(22-11-13-24(2)12-6-14-25-3)23-15-18-17-8-5-4-7-16(17)9-10-21-18;/h4-5,7-10H,6,11-15H2,1-3H3,(H2,20,22,23);1H. The molecule has 0 amide bonds. The van der Waals surface area contributed by atoms with Gasteiger partial charge in [-0.1, -0.05) is 24.3 Å². The normalized spacial score (nSPS) is 11.5. The monoisotopic (exact) mass is 471 g/mol. The smallest absolute Gasteiger partial charge is 0.191 e. The zero-order chi connectivity index (χ0) is 17.9. The Kier molecular flexibility index (Phi) is 11.1. The molecule has 0 aliphatic carbocycles. The van der Waals surface area contributed by atoms with E-state index in [1.807, 2.05) is 24.4 Å². The molecular formula is C19H30IN5O. The first kappa shape index (κ1) is 22.6. The second-order valence-electron chi connectivity index (χ2n) is 5.98. The molecule has 0 saturated heterocycles. The molecule has 0 unspecified atom stereocenters. The van der Waals surface area contributed by atoms with Gasteiger partial charge in [-0.15, -0.1) is 24.0 Å². The van der Waals surface area contributed by atoms with Crippen molar-refractivity contribution in [2.45, 2.75) is 13.0 Å². The van der Waals surface area contributed by atoms with E-state index in [2.05, 4.69) is 44.7 Å². The maximum absolute atomic E-state index is 5.08. The molecule has 0 atom stereocenters. The van der Waals surface area contributed by atoms with Gasteiger partial charge in [-0.25, -0.2) is 0 Å². The largest absolute Gasteiger partial charge is 0.385 e. The van der Waals surface area contributed by atoms with E-state index in [1.165, 1.54) is 10.8 Å². The lowest BCUT2D eigenvalue weighted by Crippen LogP contribution is -2.40. The highest BCUT2D eigenvalue weighted by molar-refractivity contribution is 14.0. The maximum atomic E-state index is 5.08. The molecule has 0 bridgehead atoms. The molecule has 7 heteroatoms. The fourth-order valence-corrected chi connectivity index (χ4v) is 2.67. The van der Waals surface area contributed by atoms with Gasteiger partial charge in [-0.05, 0) is 24.9 Å². The number of halogens is 1. The highest BCUT2D eigenvalue weighted by Gasteiger charge is 2.04. The van der Waals surface area contributed by atoms with Crippen molar-refractivity contribution in [3.8, 4) is 0 Å². The van der Waals surface area contributed by atoms with Crippen LogP contribution in [0.5, 0.6) is 0 Å². The van der Waals surface area contributed by atoms with Crippen LogP contribution >= 0.6 is 24.0 Å². The summed E-state index contributed by atoms with van der Waals surface area (Å²) in [6, 6.07) is 10.3. The Morgan fingerprint density at radius 2 is 2.00 bits per heavy atom. The summed E-state index contributed by atoms with van der Waals surface area (Å²) in [6.07, 6.45) is 2.90. The SMILES string of the molecule is CN=C(NCCN(C)CCCOC)NCc1nccc2ccccc12.I. The molecule has 2 aromatic rings. The van der Waals surface area contributed by atoms with Gasteiger partial charge < -0.3 is 20.3 Å². The molecule has 26 heavy (non-hydrogen) atoms. The van der Waals surface area contributed by atoms with Crippen molar-refractivity contribution in [2.24, 2.45) is 4.99 Å². The van der Waals surface area contributed by atoms with Gasteiger partial charge in [0.25, 0.3) is 0 Å². The van der Waals surface area contributed by atoms with Crippen LogP contribution in [0.25, 0.3) is 10.8 Å². The number of aromatic nitrogens is 1. The van der Waals surface area contributed by atoms with Crippen LogP contribution < -0.4 is 10.6 Å². The van der Waals surface area contributed by atoms with Crippen LogP contribution in [0.4, 0.5) is 0 Å². The van der Waals surface area contributed by atoms with Crippen LogP contribution in [0.15, 0.2) is 41.5 Å². The minimum atomic E-state index is 0. The molecule has 1 aromatic heterocycles. The van der Waals surface area contributed by atoms with Crippen molar-refractivity contribution >= 4 is 40.7 Å². The summed E-state index contributed by atoms with van der Waals surface area (Å²) in [7, 11) is 5.64. The van der Waals surface area contributed by atoms with E-state index in [-0.39, 0.29) is 24.0 Å². The van der Waals surface area contributed by atoms with Crippen LogP contribution in [-0.4, -0.2) is 63.3 Å². The lowest BCUT2D eigenvalue weighted by atomic mass is 10.1. The predicted octanol–water partition coefficient (Wildman–Crippen LogP) is 2.49. The third-order valence-corrected chi connectivity index (χ3v) is 4.08. The molecule has 0 fully saturated rings. The van der Waals surface area contributed by atoms with Crippen molar-refractivity contribution in [3.05, 3.63) is 42.2 Å². The molecule has 2 N–H and O–H groups in total. The second-order valence-corrected chi connectivity index (χ2v) is 5.98. The predicted molar refractivity (Wildman–Crippen MR) is 119 cm³/mol. The summed E-state index contributed by atoms with van der Waals surface area (Å²) in [5.41, 5.74) is 1.03. The van der Waals surface area contributed by atoms with Crippen LogP contribution in [0, 0.1) is 0 Å². The number of guanidine groups is 1. The molecule has 2 rings (SSSR count). The third kappa shape index (κ3) is 7.43. The zero-order valence-electron chi connectivity index (χ0n) is 15.9. The Labute approximate surface area is 173 Å². The maximum Gasteiger partial charge on any atom is 0.191 e. The molecule has 1 heterocycles. The number of benzene rings is 1. The number of aliphatic imine (C=N–C) groups is 1. The molecule has 0 aliphatic rings. The summed E-state index contributed by atoms with van der Waals surface area (Å²) < 4.78 is 5.08. The number of nitrogens with zero attached hydrogens (tertiary/aromatic N) is 3. The van der Waals surface area contributed by atoms with E-state index in [0.717, 1.165) is 44.3 Å². The summed E-state index contributed by atoms with van der Waals surface area (Å²) in [5.74, 6) is 0.792. The minimum absolute atomic E-state index is 0. The van der Waals surface area contributed by atoms with Crippen molar-refractivity contribution in [2.75, 3.05) is 47.4 Å². The van der Waals surface area contributed by atoms with Gasteiger partial charge in [0.2, 0.25) is 0 Å². The molecule has 0 saturated carbocycles. The number of hydrogen-bond acceptors (Lipinski definition) is 4. The summed E-state index contributed by atoms with van der Waals surface area (Å²) in [5, 5.41) is 9.06. The van der Waals surface area contributed by atoms with E-state index in [9.17, 15) is 0 Å². The van der Waals surface area contributed by atoms with Gasteiger partial charge in [0.05, 0.1) is 12.2 Å². The van der Waals surface area contributed by atoms with E-state index < -0.39 is 0 Å². The summed E-state index contributed by atoms with van der Waals surface area (Å²) >= 11 is 0. The molecule has 144 valence electrons. The van der Waals surface area contributed by atoms with Gasteiger partial charge in [0.15, 0.2) is 5.96 Å². The number of methoxy groups -OCH3 is 1. The molecule has 0 spiro atoms. The van der Waals surface area contributed by atoms with Gasteiger partial charge in [-0.2, -0.15) is 0 Å². The molecule has 0 aliphatic heterocycles. The van der Waals surface area contributed by atoms with Crippen molar-refractivity contribution in [1.29, 1.82) is 0 Å². The number of pyridine rings is 1. The number of nitrogens with one attached hydrogen (secondary N) is 2. The Hall–Kier alpha value is -1.45. The lowest BCUT2D eigenvalue weighted by Gasteiger charge is -2.18. The Bertz CT molecular complexity index is 675. The number of hydrogen-bond donors (Lipinski definition) is 2. The minimum Gasteiger partial charge on any atom is -0.385 e. The van der Waals surface area contributed by atoms with E-state index in [0.29, 0.717) is 6.54 Å². The zero-order valence-corrected chi connectivity index (χ0v) is 18.2. The van der Waals surface area contributed by atoms with Crippen LogP contribution in [0.3, 0.4) is 0 Å². The second kappa shape index (κ2) is 12.8. The number of fused-ring (bicyclic) bond motifs is 1. The summed E-state index contributed by atoms with van der Waals surface area (Å²) in [6.45, 7) is 4.27. The van der Waals surface area contributed by atoms with Gasteiger partial charge >= 0.3 is 0 Å². The first-order valence-corrected chi connectivity index (χ1v) is 8.69. The average molecular weight is 471 g/mol. The fourth-order valence-electron chi connectivity index (χ4n) is 2.67. The first-order chi connectivity index (χ1) is 12.2. The Morgan fingerprint density at radius 3 is 2.77 bits per heavy atom. The number of ether oxygens (including phenoxy) is 1. The summed E-state index contributed by atoms with van der Waals surface area (Å²) in [4.78, 5) is 11.1. The molecule has 1 aromatic carbocycles. The van der Waals surface area contributed by atoms with Crippen molar-refractivity contribution < 1.29 is 4.74 Å². The molecule has 6 nitrogen and oxygen atoms in total. The van der Waals surface area contributed by atoms with Crippen molar-refractivity contribution in [3.63, 3.8) is 0 Å². The number of rotatable bonds is 9. The Balaban J connectivity index is 0.00000338. The van der Waals surface area contributed by atoms with Crippen LogP contribution in [0.2, 0.25) is 0 Å². The van der Waals surface area contributed by atoms with Crippen LogP contribution in [0.1, 0.15) is 12.1 Å². The van der Waals surface area contributed by atoms with E-state index in [4.69, 9.17) is 4.74 Å². The van der Waals surface area contributed by atoms with Crippen molar-refractivity contribution in [1.82, 2.24) is 20.5 Å². The Morgan fingerprint density at radius 1 is 1.19 bits per heavy atom. The van der Waals surface area contributed by atoms with Crippen LogP contribution in [-0.2, 0) is 11.3 Å². The van der Waals surface area contributed by atoms with E-state index >= 15 is 0 Å². The number of likely N-dealkylation sites (N-methyl/N-ethyl adjacent to an activating group) is 1. The van der Waals surface area contributed by atoms with Gasteiger partial charge in [0.1, 0.15) is 0 Å². The topological polar surface area (TPSA) is 61.8 Å². The quantitative estimate of drug-likeness (QED) is 0.255. The highest BCUT2D eigenvalue weighted by Crippen LogP contribution is 2.15. The molecule has 0 radical (unpaired) electrons. The highest BCUT2D eigenvalue weighted by atomic mass is 127. The first-order valence-electron chi connectivity index (χ1n) is 8.69. The van der Waals surface area contributed by atoms with Gasteiger partial charge in [-0.3, -0.25) is 9.98 Å².